The number of hydrogen-bond acceptors (Lipinski definition) is 1. The summed E-state index contributed by atoms with van der Waals surface area (Å²) in [5.74, 6) is 0. The van der Waals surface area contributed by atoms with Gasteiger partial charge in [-0.2, -0.15) is 0 Å². The van der Waals surface area contributed by atoms with Crippen molar-refractivity contribution in [3.05, 3.63) is 53.7 Å². The Morgan fingerprint density at radius 2 is 1.85 bits per heavy atom. The maximum atomic E-state index is 3.32. The van der Waals surface area contributed by atoms with E-state index in [1.165, 1.54) is 16.8 Å². The molecule has 1 aliphatic rings. The maximum absolute atomic E-state index is 3.32. The van der Waals surface area contributed by atoms with Crippen LogP contribution in [0.1, 0.15) is 12.5 Å². The first-order chi connectivity index (χ1) is 6.36. The van der Waals surface area contributed by atoms with Gasteiger partial charge in [-0.25, -0.2) is 0 Å². The fourth-order valence-corrected chi connectivity index (χ4v) is 1.43. The average molecular weight is 171 g/mol. The van der Waals surface area contributed by atoms with Crippen LogP contribution in [-0.2, 0) is 0 Å². The molecule has 2 rings (SSSR count). The lowest BCUT2D eigenvalue weighted by atomic mass is 10.0. The van der Waals surface area contributed by atoms with Gasteiger partial charge in [-0.05, 0) is 24.1 Å². The molecule has 0 radical (unpaired) electrons. The number of allylic oxidation sites excluding steroid dienone is 3. The van der Waals surface area contributed by atoms with Gasteiger partial charge in [-0.15, -0.1) is 0 Å². The van der Waals surface area contributed by atoms with Crippen LogP contribution in [0.15, 0.2) is 48.2 Å². The van der Waals surface area contributed by atoms with E-state index in [0.29, 0.717) is 0 Å². The normalized spacial score (nSPS) is 15.8. The van der Waals surface area contributed by atoms with Gasteiger partial charge in [0.25, 0.3) is 0 Å². The van der Waals surface area contributed by atoms with Crippen molar-refractivity contribution < 1.29 is 0 Å². The Morgan fingerprint density at radius 1 is 1.08 bits per heavy atom. The fraction of sp³-hybridized carbons (Fsp3) is 0.167. The topological polar surface area (TPSA) is 12.0 Å². The monoisotopic (exact) mass is 171 g/mol. The minimum absolute atomic E-state index is 0.937. The summed E-state index contributed by atoms with van der Waals surface area (Å²) in [7, 11) is 0. The molecule has 0 amide bonds. The molecule has 66 valence electrons. The summed E-state index contributed by atoms with van der Waals surface area (Å²) in [6.45, 7) is 3.02. The van der Waals surface area contributed by atoms with Crippen molar-refractivity contribution >= 4 is 5.57 Å². The summed E-state index contributed by atoms with van der Waals surface area (Å²) in [6, 6.07) is 10.5. The molecular weight excluding hydrogens is 158 g/mol. The predicted molar refractivity (Wildman–Crippen MR) is 56.2 cm³/mol. The first kappa shape index (κ1) is 8.11. The second kappa shape index (κ2) is 3.48. The quantitative estimate of drug-likeness (QED) is 0.684. The Labute approximate surface area is 78.8 Å². The summed E-state index contributed by atoms with van der Waals surface area (Å²) in [4.78, 5) is 0. The fourth-order valence-electron chi connectivity index (χ4n) is 1.43. The highest BCUT2D eigenvalue weighted by molar-refractivity contribution is 5.69. The molecule has 0 unspecified atom stereocenters. The first-order valence-electron chi connectivity index (χ1n) is 4.53. The molecule has 0 aliphatic carbocycles. The van der Waals surface area contributed by atoms with Gasteiger partial charge in [0.15, 0.2) is 0 Å². The van der Waals surface area contributed by atoms with E-state index in [-0.39, 0.29) is 0 Å². The minimum Gasteiger partial charge on any atom is -0.384 e. The summed E-state index contributed by atoms with van der Waals surface area (Å²) < 4.78 is 0. The molecule has 0 aromatic heterocycles. The number of dihydropyridines is 1. The zero-order valence-corrected chi connectivity index (χ0v) is 7.75. The van der Waals surface area contributed by atoms with Gasteiger partial charge in [-0.1, -0.05) is 36.4 Å². The van der Waals surface area contributed by atoms with Crippen molar-refractivity contribution in [3.63, 3.8) is 0 Å². The molecule has 0 bridgehead atoms. The van der Waals surface area contributed by atoms with E-state index >= 15 is 0 Å². The molecule has 0 saturated carbocycles. The van der Waals surface area contributed by atoms with Crippen molar-refractivity contribution in [3.8, 4) is 0 Å². The highest BCUT2D eigenvalue weighted by atomic mass is 14.9. The van der Waals surface area contributed by atoms with Crippen molar-refractivity contribution in [2.24, 2.45) is 0 Å². The summed E-state index contributed by atoms with van der Waals surface area (Å²) in [5.41, 5.74) is 3.89. The van der Waals surface area contributed by atoms with Crippen LogP contribution in [0.5, 0.6) is 0 Å². The lowest BCUT2D eigenvalue weighted by Crippen LogP contribution is -2.16. The van der Waals surface area contributed by atoms with E-state index in [1.807, 2.05) is 6.07 Å². The molecular formula is C12H13N. The van der Waals surface area contributed by atoms with E-state index in [2.05, 4.69) is 48.7 Å². The van der Waals surface area contributed by atoms with Crippen LogP contribution in [0.4, 0.5) is 0 Å². The molecule has 1 aromatic carbocycles. The molecule has 0 saturated heterocycles. The summed E-state index contributed by atoms with van der Waals surface area (Å²) >= 11 is 0. The van der Waals surface area contributed by atoms with E-state index in [9.17, 15) is 0 Å². The van der Waals surface area contributed by atoms with Crippen LogP contribution < -0.4 is 5.32 Å². The average Bonchev–Trinajstić information content (AvgIpc) is 2.20. The van der Waals surface area contributed by atoms with E-state index in [4.69, 9.17) is 0 Å². The molecule has 1 aliphatic heterocycles. The first-order valence-corrected chi connectivity index (χ1v) is 4.53. The van der Waals surface area contributed by atoms with Crippen molar-refractivity contribution in [1.29, 1.82) is 0 Å². The molecule has 1 nitrogen and oxygen atoms in total. The lowest BCUT2D eigenvalue weighted by Gasteiger charge is -2.14. The van der Waals surface area contributed by atoms with Gasteiger partial charge in [0.2, 0.25) is 0 Å². The zero-order valence-electron chi connectivity index (χ0n) is 7.75. The number of benzene rings is 1. The highest BCUT2D eigenvalue weighted by Gasteiger charge is 2.03. The van der Waals surface area contributed by atoms with Crippen LogP contribution in [0.3, 0.4) is 0 Å². The zero-order chi connectivity index (χ0) is 9.10. The highest BCUT2D eigenvalue weighted by Crippen LogP contribution is 2.16. The maximum Gasteiger partial charge on any atom is 0.0403 e. The second-order valence-electron chi connectivity index (χ2n) is 3.26. The van der Waals surface area contributed by atoms with E-state index in [0.717, 1.165) is 6.54 Å². The van der Waals surface area contributed by atoms with Crippen LogP contribution in [0.25, 0.3) is 5.57 Å². The molecule has 1 aromatic rings. The predicted octanol–water partition coefficient (Wildman–Crippen LogP) is 2.58. The Bertz CT molecular complexity index is 347. The largest absolute Gasteiger partial charge is 0.384 e. The SMILES string of the molecule is CC1=CC=C(c2ccccc2)CN1. The third kappa shape index (κ3) is 1.81. The van der Waals surface area contributed by atoms with Crippen molar-refractivity contribution in [2.45, 2.75) is 6.92 Å². The summed E-state index contributed by atoms with van der Waals surface area (Å²) in [5, 5.41) is 3.32. The van der Waals surface area contributed by atoms with Gasteiger partial charge in [0.1, 0.15) is 0 Å². The third-order valence-electron chi connectivity index (χ3n) is 2.24. The van der Waals surface area contributed by atoms with Gasteiger partial charge in [0, 0.05) is 12.2 Å². The van der Waals surface area contributed by atoms with Crippen LogP contribution in [0.2, 0.25) is 0 Å². The third-order valence-corrected chi connectivity index (χ3v) is 2.24. The molecule has 1 heteroatoms. The van der Waals surface area contributed by atoms with E-state index in [1.54, 1.807) is 0 Å². The Hall–Kier alpha value is -1.50. The second-order valence-corrected chi connectivity index (χ2v) is 3.26. The molecule has 13 heavy (non-hydrogen) atoms. The molecule has 0 fully saturated rings. The minimum atomic E-state index is 0.937. The number of nitrogens with one attached hydrogen (secondary N) is 1. The smallest absolute Gasteiger partial charge is 0.0403 e. The number of hydrogen-bond donors (Lipinski definition) is 1. The Kier molecular flexibility index (Phi) is 2.17. The number of rotatable bonds is 1. The summed E-state index contributed by atoms with van der Waals surface area (Å²) in [6.07, 6.45) is 4.30. The standard InChI is InChI=1S/C12H13N/c1-10-7-8-12(9-13-10)11-5-3-2-4-6-11/h2-8,13H,9H2,1H3. The van der Waals surface area contributed by atoms with Gasteiger partial charge in [0.05, 0.1) is 0 Å². The molecule has 1 N–H and O–H groups in total. The van der Waals surface area contributed by atoms with Gasteiger partial charge in [-0.3, -0.25) is 0 Å². The van der Waals surface area contributed by atoms with Crippen molar-refractivity contribution in [1.82, 2.24) is 5.32 Å². The Balaban J connectivity index is 2.29. The molecule has 1 heterocycles. The van der Waals surface area contributed by atoms with Gasteiger partial charge >= 0.3 is 0 Å². The lowest BCUT2D eigenvalue weighted by molar-refractivity contribution is 0.903. The van der Waals surface area contributed by atoms with Crippen molar-refractivity contribution in [2.75, 3.05) is 6.54 Å². The van der Waals surface area contributed by atoms with Crippen LogP contribution in [-0.4, -0.2) is 6.54 Å². The molecule has 0 spiro atoms. The van der Waals surface area contributed by atoms with Crippen LogP contribution >= 0.6 is 0 Å². The van der Waals surface area contributed by atoms with Crippen LogP contribution in [0, 0.1) is 0 Å². The molecule has 0 atom stereocenters. The Morgan fingerprint density at radius 3 is 2.46 bits per heavy atom. The van der Waals surface area contributed by atoms with Gasteiger partial charge < -0.3 is 5.32 Å². The van der Waals surface area contributed by atoms with E-state index < -0.39 is 0 Å².